The Balaban J connectivity index is 2.20. The molecule has 1 amide bonds. The molecule has 1 aliphatic heterocycles. The van der Waals surface area contributed by atoms with Gasteiger partial charge in [-0.05, 0) is 44.5 Å². The minimum absolute atomic E-state index is 0.0944. The van der Waals surface area contributed by atoms with Crippen molar-refractivity contribution in [3.05, 3.63) is 29.8 Å². The van der Waals surface area contributed by atoms with E-state index in [4.69, 9.17) is 0 Å². The van der Waals surface area contributed by atoms with Crippen molar-refractivity contribution in [3.8, 4) is 0 Å². The zero-order valence-corrected chi connectivity index (χ0v) is 13.6. The van der Waals surface area contributed by atoms with Crippen LogP contribution in [0.2, 0.25) is 0 Å². The van der Waals surface area contributed by atoms with E-state index in [9.17, 15) is 4.79 Å². The van der Waals surface area contributed by atoms with Gasteiger partial charge in [0.15, 0.2) is 0 Å². The van der Waals surface area contributed by atoms with E-state index < -0.39 is 5.54 Å². The first-order valence-corrected chi connectivity index (χ1v) is 7.90. The van der Waals surface area contributed by atoms with Crippen LogP contribution in [0.15, 0.2) is 24.3 Å². The molecule has 1 aromatic rings. The molecule has 1 saturated heterocycles. The van der Waals surface area contributed by atoms with E-state index >= 15 is 0 Å². The third-order valence-corrected chi connectivity index (χ3v) is 4.32. The molecule has 0 radical (unpaired) electrons. The van der Waals surface area contributed by atoms with Crippen molar-refractivity contribution in [2.75, 3.05) is 24.5 Å². The highest BCUT2D eigenvalue weighted by molar-refractivity contribution is 5.90. The van der Waals surface area contributed by atoms with E-state index in [-0.39, 0.29) is 5.91 Å². The molecule has 4 nitrogen and oxygen atoms in total. The number of rotatable bonds is 5. The average molecular weight is 289 g/mol. The second-order valence-corrected chi connectivity index (χ2v) is 6.08. The van der Waals surface area contributed by atoms with Gasteiger partial charge in [-0.15, -0.1) is 0 Å². The first-order chi connectivity index (χ1) is 10.0. The van der Waals surface area contributed by atoms with E-state index in [1.54, 1.807) is 0 Å². The van der Waals surface area contributed by atoms with Crippen LogP contribution in [0.3, 0.4) is 0 Å². The standard InChI is InChI=1S/C17H27N3O/c1-5-15(18-6-2)13-7-9-14(10-8-13)20-12-11-19-16(21)17(20,3)4/h7-10,15,18H,5-6,11-12H2,1-4H3,(H,19,21). The van der Waals surface area contributed by atoms with Crippen LogP contribution in [0.1, 0.15) is 45.7 Å². The minimum atomic E-state index is -0.494. The Bertz CT molecular complexity index is 481. The predicted molar refractivity (Wildman–Crippen MR) is 87.6 cm³/mol. The Morgan fingerprint density at radius 2 is 1.95 bits per heavy atom. The summed E-state index contributed by atoms with van der Waals surface area (Å²) in [6.45, 7) is 10.8. The van der Waals surface area contributed by atoms with Gasteiger partial charge in [-0.25, -0.2) is 0 Å². The molecule has 2 rings (SSSR count). The van der Waals surface area contributed by atoms with Crippen LogP contribution in [0.25, 0.3) is 0 Å². The van der Waals surface area contributed by atoms with Gasteiger partial charge in [-0.1, -0.05) is 26.0 Å². The molecule has 1 aliphatic rings. The van der Waals surface area contributed by atoms with Crippen molar-refractivity contribution in [1.29, 1.82) is 0 Å². The summed E-state index contributed by atoms with van der Waals surface area (Å²) in [5.41, 5.74) is 1.93. The van der Waals surface area contributed by atoms with E-state index in [0.717, 1.165) is 25.2 Å². The van der Waals surface area contributed by atoms with Crippen LogP contribution in [0.4, 0.5) is 5.69 Å². The lowest BCUT2D eigenvalue weighted by Crippen LogP contribution is -2.62. The summed E-state index contributed by atoms with van der Waals surface area (Å²) in [4.78, 5) is 14.2. The summed E-state index contributed by atoms with van der Waals surface area (Å²) in [5, 5.41) is 6.43. The van der Waals surface area contributed by atoms with Crippen LogP contribution < -0.4 is 15.5 Å². The number of carbonyl (C=O) groups is 1. The molecule has 1 heterocycles. The summed E-state index contributed by atoms with van der Waals surface area (Å²) >= 11 is 0. The number of amides is 1. The molecule has 2 N–H and O–H groups in total. The van der Waals surface area contributed by atoms with Crippen LogP contribution in [-0.4, -0.2) is 31.1 Å². The first kappa shape index (κ1) is 15.8. The highest BCUT2D eigenvalue weighted by Gasteiger charge is 2.37. The van der Waals surface area contributed by atoms with Crippen molar-refractivity contribution in [2.45, 2.75) is 45.7 Å². The maximum atomic E-state index is 12.0. The fourth-order valence-electron chi connectivity index (χ4n) is 2.98. The molecule has 1 unspecified atom stereocenters. The second-order valence-electron chi connectivity index (χ2n) is 6.08. The summed E-state index contributed by atoms with van der Waals surface area (Å²) in [6, 6.07) is 9.02. The number of benzene rings is 1. The molecular formula is C17H27N3O. The smallest absolute Gasteiger partial charge is 0.245 e. The molecule has 1 aromatic carbocycles. The molecule has 4 heteroatoms. The molecule has 0 bridgehead atoms. The molecule has 116 valence electrons. The Labute approximate surface area is 127 Å². The number of nitrogens with one attached hydrogen (secondary N) is 2. The van der Waals surface area contributed by atoms with Gasteiger partial charge in [-0.3, -0.25) is 4.79 Å². The Hall–Kier alpha value is -1.55. The lowest BCUT2D eigenvalue weighted by molar-refractivity contribution is -0.126. The Morgan fingerprint density at radius 1 is 1.29 bits per heavy atom. The van der Waals surface area contributed by atoms with Crippen molar-refractivity contribution in [1.82, 2.24) is 10.6 Å². The van der Waals surface area contributed by atoms with Crippen molar-refractivity contribution >= 4 is 11.6 Å². The normalized spacial score (nSPS) is 19.2. The van der Waals surface area contributed by atoms with Crippen molar-refractivity contribution < 1.29 is 4.79 Å². The second kappa shape index (κ2) is 6.48. The summed E-state index contributed by atoms with van der Waals surface area (Å²) in [6.07, 6.45) is 1.07. The Kier molecular flexibility index (Phi) is 4.88. The van der Waals surface area contributed by atoms with Gasteiger partial charge < -0.3 is 15.5 Å². The average Bonchev–Trinajstić information content (AvgIpc) is 2.48. The molecule has 0 aromatic heterocycles. The van der Waals surface area contributed by atoms with Crippen LogP contribution in [-0.2, 0) is 4.79 Å². The number of nitrogens with zero attached hydrogens (tertiary/aromatic N) is 1. The predicted octanol–water partition coefficient (Wildman–Crippen LogP) is 2.46. The highest BCUT2D eigenvalue weighted by atomic mass is 16.2. The van der Waals surface area contributed by atoms with Crippen LogP contribution >= 0.6 is 0 Å². The van der Waals surface area contributed by atoms with Crippen LogP contribution in [0, 0.1) is 0 Å². The maximum absolute atomic E-state index is 12.0. The van der Waals surface area contributed by atoms with Gasteiger partial charge in [0.1, 0.15) is 5.54 Å². The van der Waals surface area contributed by atoms with Crippen LogP contribution in [0.5, 0.6) is 0 Å². The Morgan fingerprint density at radius 3 is 2.52 bits per heavy atom. The fraction of sp³-hybridized carbons (Fsp3) is 0.588. The topological polar surface area (TPSA) is 44.4 Å². The van der Waals surface area contributed by atoms with E-state index in [1.165, 1.54) is 5.56 Å². The highest BCUT2D eigenvalue weighted by Crippen LogP contribution is 2.28. The monoisotopic (exact) mass is 289 g/mol. The molecule has 0 aliphatic carbocycles. The molecule has 21 heavy (non-hydrogen) atoms. The van der Waals surface area contributed by atoms with E-state index in [2.05, 4.69) is 53.6 Å². The van der Waals surface area contributed by atoms with Gasteiger partial charge in [0.25, 0.3) is 0 Å². The van der Waals surface area contributed by atoms with Gasteiger partial charge in [0.2, 0.25) is 5.91 Å². The minimum Gasteiger partial charge on any atom is -0.356 e. The van der Waals surface area contributed by atoms with Crippen molar-refractivity contribution in [3.63, 3.8) is 0 Å². The lowest BCUT2D eigenvalue weighted by Gasteiger charge is -2.43. The first-order valence-electron chi connectivity index (χ1n) is 7.90. The fourth-order valence-corrected chi connectivity index (χ4v) is 2.98. The number of piperazine rings is 1. The zero-order valence-electron chi connectivity index (χ0n) is 13.6. The van der Waals surface area contributed by atoms with Gasteiger partial charge in [0.05, 0.1) is 0 Å². The summed E-state index contributed by atoms with van der Waals surface area (Å²) < 4.78 is 0. The molecule has 0 saturated carbocycles. The summed E-state index contributed by atoms with van der Waals surface area (Å²) in [5.74, 6) is 0.0944. The van der Waals surface area contributed by atoms with Gasteiger partial charge in [0, 0.05) is 24.8 Å². The molecule has 0 spiro atoms. The number of hydrogen-bond donors (Lipinski definition) is 2. The molecule has 1 fully saturated rings. The molecule has 1 atom stereocenters. The lowest BCUT2D eigenvalue weighted by atomic mass is 9.97. The third kappa shape index (κ3) is 3.21. The number of hydrogen-bond acceptors (Lipinski definition) is 3. The van der Waals surface area contributed by atoms with Gasteiger partial charge in [-0.2, -0.15) is 0 Å². The SMILES string of the molecule is CCNC(CC)c1ccc(N2CCNC(=O)C2(C)C)cc1. The maximum Gasteiger partial charge on any atom is 0.245 e. The van der Waals surface area contributed by atoms with E-state index in [1.807, 2.05) is 13.8 Å². The third-order valence-electron chi connectivity index (χ3n) is 4.32. The quantitative estimate of drug-likeness (QED) is 0.875. The van der Waals surface area contributed by atoms with Gasteiger partial charge >= 0.3 is 0 Å². The van der Waals surface area contributed by atoms with E-state index in [0.29, 0.717) is 12.6 Å². The molecular weight excluding hydrogens is 262 g/mol. The number of carbonyl (C=O) groups excluding carboxylic acids is 1. The van der Waals surface area contributed by atoms with Crippen molar-refractivity contribution in [2.24, 2.45) is 0 Å². The largest absolute Gasteiger partial charge is 0.356 e. The summed E-state index contributed by atoms with van der Waals surface area (Å²) in [7, 11) is 0. The zero-order chi connectivity index (χ0) is 15.5. The number of anilines is 1.